The molecule has 0 spiro atoms. The summed E-state index contributed by atoms with van der Waals surface area (Å²) in [6, 6.07) is 38.2. The van der Waals surface area contributed by atoms with Crippen molar-refractivity contribution >= 4 is 8.07 Å². The summed E-state index contributed by atoms with van der Waals surface area (Å²) in [6.07, 6.45) is 5.70. The number of allylic oxidation sites excluding steroid dienone is 1. The van der Waals surface area contributed by atoms with Gasteiger partial charge in [-0.15, -0.1) is 6.58 Å². The Morgan fingerprint density at radius 3 is 1.29 bits per heavy atom. The number of rotatable bonds is 7. The second kappa shape index (κ2) is 10.00. The molecule has 2 aliphatic rings. The molecule has 0 amide bonds. The first kappa shape index (κ1) is 24.4. The third-order valence-electron chi connectivity index (χ3n) is 8.36. The van der Waals surface area contributed by atoms with Crippen LogP contribution in [-0.2, 0) is 26.2 Å². The van der Waals surface area contributed by atoms with Gasteiger partial charge < -0.3 is 0 Å². The Kier molecular flexibility index (Phi) is 6.97. The Bertz CT molecular complexity index is 1180. The Balaban J connectivity index is 0.00000253. The minimum Gasteiger partial charge on any atom is -0.103 e. The van der Waals surface area contributed by atoms with Crippen LogP contribution in [0.2, 0.25) is 12.6 Å². The summed E-state index contributed by atoms with van der Waals surface area (Å²) in [5, 5.41) is 0. The van der Waals surface area contributed by atoms with Gasteiger partial charge in [0, 0.05) is 37.3 Å². The molecule has 0 radical (unpaired) electrons. The molecule has 0 heterocycles. The maximum Gasteiger partial charge on any atom is 0.0761 e. The normalized spacial score (nSPS) is 14.0. The standard InChI is InChI=1S/C33H32Si.Zr/c1-3-4-5-14-23-34(2,32-28-19-10-6-15-24(28)25-16-7-11-20-29(25)32)33-30-21-12-8-17-26(30)27-18-9-13-22-31(27)33;/h3,6-13,15-22,32-33H,1,4-5,14,23H2,2H3;. The molecule has 0 unspecified atom stereocenters. The fraction of sp³-hybridized carbons (Fsp3) is 0.212. The van der Waals surface area contributed by atoms with Crippen LogP contribution in [0.1, 0.15) is 52.6 Å². The van der Waals surface area contributed by atoms with Crippen molar-refractivity contribution in [1.82, 2.24) is 0 Å². The zero-order valence-corrected chi connectivity index (χ0v) is 24.0. The summed E-state index contributed by atoms with van der Waals surface area (Å²) in [4.78, 5) is 0. The topological polar surface area (TPSA) is 0 Å². The monoisotopic (exact) mass is 546 g/mol. The molecule has 0 saturated heterocycles. The summed E-state index contributed by atoms with van der Waals surface area (Å²) >= 11 is 0. The summed E-state index contributed by atoms with van der Waals surface area (Å²) in [6.45, 7) is 6.70. The minimum atomic E-state index is -1.97. The first-order valence-electron chi connectivity index (χ1n) is 12.7. The van der Waals surface area contributed by atoms with Crippen LogP contribution in [0.15, 0.2) is 110 Å². The van der Waals surface area contributed by atoms with Crippen LogP contribution < -0.4 is 0 Å². The van der Waals surface area contributed by atoms with Crippen LogP contribution in [0.25, 0.3) is 22.3 Å². The van der Waals surface area contributed by atoms with Crippen molar-refractivity contribution < 1.29 is 26.2 Å². The summed E-state index contributed by atoms with van der Waals surface area (Å²) in [7, 11) is -1.97. The van der Waals surface area contributed by atoms with Crippen LogP contribution in [0.3, 0.4) is 0 Å². The zero-order chi connectivity index (χ0) is 23.1. The zero-order valence-electron chi connectivity index (χ0n) is 20.5. The maximum absolute atomic E-state index is 3.98. The van der Waals surface area contributed by atoms with E-state index in [4.69, 9.17) is 0 Å². The molecule has 0 nitrogen and oxygen atoms in total. The van der Waals surface area contributed by atoms with Crippen molar-refractivity contribution in [2.45, 2.75) is 42.9 Å². The quantitative estimate of drug-likeness (QED) is 0.123. The molecule has 0 fully saturated rings. The van der Waals surface area contributed by atoms with E-state index in [1.165, 1.54) is 41.1 Å². The molecular formula is C33H32SiZr. The molecule has 0 saturated carbocycles. The van der Waals surface area contributed by atoms with Crippen molar-refractivity contribution in [3.8, 4) is 22.3 Å². The molecule has 2 heteroatoms. The molecule has 172 valence electrons. The van der Waals surface area contributed by atoms with Gasteiger partial charge in [0.05, 0.1) is 8.07 Å². The second-order valence-corrected chi connectivity index (χ2v) is 14.9. The number of fused-ring (bicyclic) bond motifs is 6. The number of benzene rings is 4. The average molecular weight is 548 g/mol. The summed E-state index contributed by atoms with van der Waals surface area (Å²) < 4.78 is 0. The Hall–Kier alpha value is -2.28. The van der Waals surface area contributed by atoms with E-state index >= 15 is 0 Å². The number of unbranched alkanes of at least 4 members (excludes halogenated alkanes) is 2. The van der Waals surface area contributed by atoms with Gasteiger partial charge in [-0.1, -0.05) is 129 Å². The van der Waals surface area contributed by atoms with E-state index in [0.717, 1.165) is 6.42 Å². The first-order valence-corrected chi connectivity index (χ1v) is 15.6. The van der Waals surface area contributed by atoms with Crippen molar-refractivity contribution in [2.75, 3.05) is 0 Å². The van der Waals surface area contributed by atoms with Crippen molar-refractivity contribution in [2.24, 2.45) is 0 Å². The molecule has 2 aliphatic carbocycles. The molecule has 0 atom stereocenters. The van der Waals surface area contributed by atoms with Gasteiger partial charge in [-0.2, -0.15) is 0 Å². The van der Waals surface area contributed by atoms with E-state index in [1.807, 2.05) is 0 Å². The van der Waals surface area contributed by atoms with Gasteiger partial charge in [-0.05, 0) is 50.9 Å². The SMILES string of the molecule is C=CCCCC[Si](C)(C1c2ccccc2-c2ccccc21)C1c2ccccc2-c2ccccc21.[Zr]. The predicted molar refractivity (Wildman–Crippen MR) is 148 cm³/mol. The molecule has 4 aromatic rings. The van der Waals surface area contributed by atoms with Gasteiger partial charge in [0.25, 0.3) is 0 Å². The smallest absolute Gasteiger partial charge is 0.0761 e. The van der Waals surface area contributed by atoms with Crippen LogP contribution in [0.4, 0.5) is 0 Å². The van der Waals surface area contributed by atoms with E-state index in [2.05, 4.69) is 116 Å². The van der Waals surface area contributed by atoms with Gasteiger partial charge >= 0.3 is 0 Å². The molecule has 35 heavy (non-hydrogen) atoms. The predicted octanol–water partition coefficient (Wildman–Crippen LogP) is 9.12. The number of hydrogen-bond donors (Lipinski definition) is 0. The third-order valence-corrected chi connectivity index (χ3v) is 13.7. The first-order chi connectivity index (χ1) is 16.7. The van der Waals surface area contributed by atoms with E-state index in [-0.39, 0.29) is 26.2 Å². The second-order valence-electron chi connectivity index (χ2n) is 10.3. The molecular weight excluding hydrogens is 516 g/mol. The van der Waals surface area contributed by atoms with E-state index in [1.54, 1.807) is 22.3 Å². The van der Waals surface area contributed by atoms with Crippen molar-refractivity contribution in [3.05, 3.63) is 132 Å². The van der Waals surface area contributed by atoms with Gasteiger partial charge in [0.15, 0.2) is 0 Å². The van der Waals surface area contributed by atoms with Gasteiger partial charge in [0.2, 0.25) is 0 Å². The maximum atomic E-state index is 3.98. The van der Waals surface area contributed by atoms with Gasteiger partial charge in [-0.3, -0.25) is 0 Å². The van der Waals surface area contributed by atoms with Crippen molar-refractivity contribution in [3.63, 3.8) is 0 Å². The summed E-state index contributed by atoms with van der Waals surface area (Å²) in [5.41, 5.74) is 13.1. The Morgan fingerprint density at radius 1 is 0.600 bits per heavy atom. The average Bonchev–Trinajstić information content (AvgIpc) is 3.41. The number of hydrogen-bond acceptors (Lipinski definition) is 0. The molecule has 0 aromatic heterocycles. The minimum absolute atomic E-state index is 0. The molecule has 0 aliphatic heterocycles. The fourth-order valence-electron chi connectivity index (χ4n) is 6.98. The Labute approximate surface area is 230 Å². The molecule has 0 bridgehead atoms. The van der Waals surface area contributed by atoms with E-state index in [9.17, 15) is 0 Å². The largest absolute Gasteiger partial charge is 0.103 e. The van der Waals surface area contributed by atoms with Crippen molar-refractivity contribution in [1.29, 1.82) is 0 Å². The molecule has 6 rings (SSSR count). The third kappa shape index (κ3) is 3.90. The van der Waals surface area contributed by atoms with Crippen LogP contribution in [-0.4, -0.2) is 8.07 Å². The fourth-order valence-corrected chi connectivity index (χ4v) is 12.8. The molecule has 0 N–H and O–H groups in total. The van der Waals surface area contributed by atoms with E-state index in [0.29, 0.717) is 11.1 Å². The van der Waals surface area contributed by atoms with Crippen LogP contribution in [0, 0.1) is 0 Å². The van der Waals surface area contributed by atoms with Gasteiger partial charge in [-0.25, -0.2) is 0 Å². The van der Waals surface area contributed by atoms with E-state index < -0.39 is 8.07 Å². The Morgan fingerprint density at radius 2 is 0.943 bits per heavy atom. The van der Waals surface area contributed by atoms with Crippen LogP contribution in [0.5, 0.6) is 0 Å². The van der Waals surface area contributed by atoms with Gasteiger partial charge in [0.1, 0.15) is 0 Å². The van der Waals surface area contributed by atoms with Crippen LogP contribution >= 0.6 is 0 Å². The summed E-state index contributed by atoms with van der Waals surface area (Å²) in [5.74, 6) is 0. The molecule has 4 aromatic carbocycles.